The molecule has 0 saturated carbocycles. The van der Waals surface area contributed by atoms with E-state index in [1.165, 1.54) is 12.1 Å². The van der Waals surface area contributed by atoms with Crippen LogP contribution in [0.25, 0.3) is 0 Å². The SMILES string of the molecule is Cn1c(CCNC(=O)C(C)(C)c2cccc(C(F)(F)F)c2)n[nH]c1=S. The van der Waals surface area contributed by atoms with Crippen molar-refractivity contribution in [2.45, 2.75) is 31.9 Å². The molecule has 2 aromatic rings. The van der Waals surface area contributed by atoms with E-state index in [4.69, 9.17) is 12.2 Å². The summed E-state index contributed by atoms with van der Waals surface area (Å²) in [5, 5.41) is 9.43. The lowest BCUT2D eigenvalue weighted by Gasteiger charge is -2.25. The Labute approximate surface area is 148 Å². The molecule has 136 valence electrons. The van der Waals surface area contributed by atoms with Crippen LogP contribution >= 0.6 is 12.2 Å². The van der Waals surface area contributed by atoms with Gasteiger partial charge in [-0.15, -0.1) is 0 Å². The number of H-pyrrole nitrogens is 1. The van der Waals surface area contributed by atoms with Crippen molar-refractivity contribution in [2.24, 2.45) is 7.05 Å². The Morgan fingerprint density at radius 1 is 1.32 bits per heavy atom. The molecule has 0 aliphatic rings. The number of aromatic amines is 1. The number of benzene rings is 1. The second-order valence-corrected chi connectivity index (χ2v) is 6.60. The maximum absolute atomic E-state index is 12.9. The smallest absolute Gasteiger partial charge is 0.355 e. The summed E-state index contributed by atoms with van der Waals surface area (Å²) >= 11 is 5.01. The van der Waals surface area contributed by atoms with E-state index >= 15 is 0 Å². The zero-order valence-corrected chi connectivity index (χ0v) is 14.9. The highest BCUT2D eigenvalue weighted by molar-refractivity contribution is 7.71. The van der Waals surface area contributed by atoms with Gasteiger partial charge in [-0.25, -0.2) is 0 Å². The van der Waals surface area contributed by atoms with E-state index in [1.54, 1.807) is 25.5 Å². The van der Waals surface area contributed by atoms with Crippen LogP contribution in [-0.4, -0.2) is 27.2 Å². The van der Waals surface area contributed by atoms with Crippen molar-refractivity contribution >= 4 is 18.1 Å². The molecule has 2 N–H and O–H groups in total. The lowest BCUT2D eigenvalue weighted by Crippen LogP contribution is -2.41. The van der Waals surface area contributed by atoms with E-state index in [2.05, 4.69) is 15.5 Å². The zero-order chi connectivity index (χ0) is 18.8. The minimum atomic E-state index is -4.45. The van der Waals surface area contributed by atoms with Crippen molar-refractivity contribution in [1.82, 2.24) is 20.1 Å². The van der Waals surface area contributed by atoms with Gasteiger partial charge in [-0.05, 0) is 37.7 Å². The van der Waals surface area contributed by atoms with E-state index in [-0.39, 0.29) is 5.91 Å². The van der Waals surface area contributed by atoms with Gasteiger partial charge >= 0.3 is 6.18 Å². The molecule has 0 aliphatic carbocycles. The number of carbonyl (C=O) groups is 1. The molecule has 0 saturated heterocycles. The number of nitrogens with one attached hydrogen (secondary N) is 2. The number of hydrogen-bond donors (Lipinski definition) is 2. The fraction of sp³-hybridized carbons (Fsp3) is 0.438. The standard InChI is InChI=1S/C16H19F3N4OS/c1-15(2,10-5-4-6-11(9-10)16(17,18)19)13(24)20-8-7-12-21-22-14(25)23(12)3/h4-6,9H,7-8H2,1-3H3,(H,20,24)(H,22,25). The Bertz CT molecular complexity index is 823. The lowest BCUT2D eigenvalue weighted by molar-refractivity contribution is -0.137. The summed E-state index contributed by atoms with van der Waals surface area (Å²) in [5.41, 5.74) is -1.57. The number of hydrogen-bond acceptors (Lipinski definition) is 3. The van der Waals surface area contributed by atoms with Crippen molar-refractivity contribution < 1.29 is 18.0 Å². The Morgan fingerprint density at radius 3 is 2.52 bits per heavy atom. The van der Waals surface area contributed by atoms with Crippen LogP contribution in [0.2, 0.25) is 0 Å². The molecular formula is C16H19F3N4OS. The number of alkyl halides is 3. The van der Waals surface area contributed by atoms with Gasteiger partial charge < -0.3 is 9.88 Å². The molecule has 9 heteroatoms. The topological polar surface area (TPSA) is 62.7 Å². The third-order valence-electron chi connectivity index (χ3n) is 4.09. The Hall–Kier alpha value is -2.16. The number of rotatable bonds is 5. The van der Waals surface area contributed by atoms with Crippen LogP contribution in [0.3, 0.4) is 0 Å². The summed E-state index contributed by atoms with van der Waals surface area (Å²) in [6.07, 6.45) is -3.99. The van der Waals surface area contributed by atoms with Gasteiger partial charge in [0.15, 0.2) is 4.77 Å². The van der Waals surface area contributed by atoms with Gasteiger partial charge in [0.25, 0.3) is 0 Å². The minimum absolute atomic E-state index is 0.300. The van der Waals surface area contributed by atoms with E-state index in [0.717, 1.165) is 12.1 Å². The molecule has 25 heavy (non-hydrogen) atoms. The quantitative estimate of drug-likeness (QED) is 0.793. The van der Waals surface area contributed by atoms with Crippen LogP contribution in [-0.2, 0) is 29.9 Å². The number of nitrogens with zero attached hydrogens (tertiary/aromatic N) is 2. The highest BCUT2D eigenvalue weighted by Crippen LogP contribution is 2.32. The van der Waals surface area contributed by atoms with Crippen LogP contribution in [0.5, 0.6) is 0 Å². The van der Waals surface area contributed by atoms with Gasteiger partial charge in [0.1, 0.15) is 5.82 Å². The molecule has 1 aromatic heterocycles. The minimum Gasteiger partial charge on any atom is -0.355 e. The first-order chi connectivity index (χ1) is 11.5. The highest BCUT2D eigenvalue weighted by atomic mass is 32.1. The first-order valence-corrected chi connectivity index (χ1v) is 8.00. The highest BCUT2D eigenvalue weighted by Gasteiger charge is 2.34. The van der Waals surface area contributed by atoms with Crippen LogP contribution in [0.1, 0.15) is 30.8 Å². The number of amides is 1. The van der Waals surface area contributed by atoms with Gasteiger partial charge in [0.05, 0.1) is 11.0 Å². The summed E-state index contributed by atoms with van der Waals surface area (Å²) in [6, 6.07) is 4.83. The maximum Gasteiger partial charge on any atom is 0.416 e. The van der Waals surface area contributed by atoms with Crippen molar-refractivity contribution in [3.05, 3.63) is 46.0 Å². The largest absolute Gasteiger partial charge is 0.416 e. The average Bonchev–Trinajstić information content (AvgIpc) is 2.86. The zero-order valence-electron chi connectivity index (χ0n) is 14.1. The van der Waals surface area contributed by atoms with E-state index in [1.807, 2.05) is 0 Å². The molecule has 0 unspecified atom stereocenters. The van der Waals surface area contributed by atoms with Crippen LogP contribution in [0, 0.1) is 4.77 Å². The van der Waals surface area contributed by atoms with Crippen molar-refractivity contribution in [1.29, 1.82) is 0 Å². The van der Waals surface area contributed by atoms with E-state index < -0.39 is 17.2 Å². The Morgan fingerprint density at radius 2 is 1.96 bits per heavy atom. The Kier molecular flexibility index (Phi) is 5.36. The molecular weight excluding hydrogens is 353 g/mol. The van der Waals surface area contributed by atoms with Crippen LogP contribution < -0.4 is 5.32 Å². The predicted octanol–water partition coefficient (Wildman–Crippen LogP) is 3.13. The molecule has 0 atom stereocenters. The third-order valence-corrected chi connectivity index (χ3v) is 4.45. The fourth-order valence-electron chi connectivity index (χ4n) is 2.33. The second kappa shape index (κ2) is 6.99. The third kappa shape index (κ3) is 4.28. The van der Waals surface area contributed by atoms with E-state index in [0.29, 0.717) is 29.1 Å². The molecule has 0 spiro atoms. The number of halogens is 3. The average molecular weight is 372 g/mol. The summed E-state index contributed by atoms with van der Waals surface area (Å²) in [5.74, 6) is 0.325. The first-order valence-electron chi connectivity index (χ1n) is 7.60. The summed E-state index contributed by atoms with van der Waals surface area (Å²) in [6.45, 7) is 3.48. The van der Waals surface area contributed by atoms with Gasteiger partial charge in [-0.3, -0.25) is 9.89 Å². The summed E-state index contributed by atoms with van der Waals surface area (Å²) in [4.78, 5) is 12.5. The van der Waals surface area contributed by atoms with Gasteiger partial charge in [-0.1, -0.05) is 18.2 Å². The predicted molar refractivity (Wildman–Crippen MR) is 89.6 cm³/mol. The number of aromatic nitrogens is 3. The van der Waals surface area contributed by atoms with Crippen LogP contribution in [0.15, 0.2) is 24.3 Å². The molecule has 2 rings (SSSR count). The molecule has 0 bridgehead atoms. The fourth-order valence-corrected chi connectivity index (χ4v) is 2.48. The first kappa shape index (κ1) is 19.2. The lowest BCUT2D eigenvalue weighted by atomic mass is 9.83. The summed E-state index contributed by atoms with van der Waals surface area (Å²) < 4.78 is 40.8. The molecule has 5 nitrogen and oxygen atoms in total. The molecule has 1 aromatic carbocycles. The van der Waals surface area contributed by atoms with Gasteiger partial charge in [0, 0.05) is 20.0 Å². The van der Waals surface area contributed by atoms with Gasteiger partial charge in [0.2, 0.25) is 5.91 Å². The monoisotopic (exact) mass is 372 g/mol. The normalized spacial score (nSPS) is 12.2. The number of carbonyl (C=O) groups excluding carboxylic acids is 1. The van der Waals surface area contributed by atoms with Crippen LogP contribution in [0.4, 0.5) is 13.2 Å². The maximum atomic E-state index is 12.9. The molecule has 1 amide bonds. The molecule has 1 heterocycles. The van der Waals surface area contributed by atoms with Crippen molar-refractivity contribution in [3.63, 3.8) is 0 Å². The molecule has 0 radical (unpaired) electrons. The van der Waals surface area contributed by atoms with Gasteiger partial charge in [-0.2, -0.15) is 18.3 Å². The molecule has 0 fully saturated rings. The van der Waals surface area contributed by atoms with Crippen molar-refractivity contribution in [2.75, 3.05) is 6.54 Å². The Balaban J connectivity index is 2.07. The van der Waals surface area contributed by atoms with Crippen molar-refractivity contribution in [3.8, 4) is 0 Å². The second-order valence-electron chi connectivity index (χ2n) is 6.21. The van der Waals surface area contributed by atoms with E-state index in [9.17, 15) is 18.0 Å². The molecule has 0 aliphatic heterocycles. The summed E-state index contributed by atoms with van der Waals surface area (Å²) in [7, 11) is 1.76.